The first-order valence-electron chi connectivity index (χ1n) is 10.1. The molecule has 0 saturated carbocycles. The van der Waals surface area contributed by atoms with E-state index in [0.717, 1.165) is 22.0 Å². The molecule has 154 valence electrons. The lowest BCUT2D eigenvalue weighted by atomic mass is 10.1. The molecule has 0 amide bonds. The van der Waals surface area contributed by atoms with Gasteiger partial charge < -0.3 is 18.5 Å². The van der Waals surface area contributed by atoms with Gasteiger partial charge in [0.25, 0.3) is 0 Å². The number of nitrogens with zero attached hydrogens (tertiary/aromatic N) is 3. The van der Waals surface area contributed by atoms with E-state index in [1.165, 1.54) is 0 Å². The van der Waals surface area contributed by atoms with Crippen molar-refractivity contribution in [2.75, 3.05) is 0 Å². The Morgan fingerprint density at radius 1 is 0.750 bits per heavy atom. The Kier molecular flexibility index (Phi) is 4.32. The Labute approximate surface area is 183 Å². The van der Waals surface area contributed by atoms with Crippen LogP contribution in [0.5, 0.6) is 23.1 Å². The van der Waals surface area contributed by atoms with Crippen LogP contribution in [-0.4, -0.2) is 14.5 Å². The number of hydrogen-bond donors (Lipinski definition) is 0. The van der Waals surface area contributed by atoms with Crippen molar-refractivity contribution in [2.24, 2.45) is 0 Å². The summed E-state index contributed by atoms with van der Waals surface area (Å²) in [4.78, 5) is 8.39. The minimum absolute atomic E-state index is 0.480. The number of furan rings is 1. The van der Waals surface area contributed by atoms with Crippen molar-refractivity contribution in [2.45, 2.75) is 0 Å². The topological polar surface area (TPSA) is 62.3 Å². The number of hydrogen-bond acceptors (Lipinski definition) is 5. The Morgan fingerprint density at radius 2 is 1.69 bits per heavy atom. The summed E-state index contributed by atoms with van der Waals surface area (Å²) in [6.45, 7) is 0. The fourth-order valence-electron chi connectivity index (χ4n) is 3.68. The number of para-hydroxylation sites is 1. The molecule has 0 N–H and O–H groups in total. The van der Waals surface area contributed by atoms with Crippen molar-refractivity contribution >= 4 is 21.9 Å². The molecule has 0 atom stereocenters. The molecule has 0 saturated heterocycles. The lowest BCUT2D eigenvalue weighted by Crippen LogP contribution is -1.92. The summed E-state index contributed by atoms with van der Waals surface area (Å²) in [6, 6.07) is 25.0. The minimum atomic E-state index is 0.480. The zero-order valence-corrected chi connectivity index (χ0v) is 16.9. The van der Waals surface area contributed by atoms with Gasteiger partial charge in [-0.1, -0.05) is 30.3 Å². The quantitative estimate of drug-likeness (QED) is 0.309. The highest BCUT2D eigenvalue weighted by Crippen LogP contribution is 2.40. The predicted molar refractivity (Wildman–Crippen MR) is 122 cm³/mol. The third kappa shape index (κ3) is 3.33. The van der Waals surface area contributed by atoms with Gasteiger partial charge in [-0.2, -0.15) is 0 Å². The van der Waals surface area contributed by atoms with E-state index in [0.29, 0.717) is 28.7 Å². The average Bonchev–Trinajstić information content (AvgIpc) is 3.49. The van der Waals surface area contributed by atoms with Gasteiger partial charge in [-0.15, -0.1) is 0 Å². The van der Waals surface area contributed by atoms with Crippen molar-refractivity contribution in [3.8, 4) is 28.8 Å². The summed E-state index contributed by atoms with van der Waals surface area (Å²) in [5.74, 6) is 2.36. The summed E-state index contributed by atoms with van der Waals surface area (Å²) in [5.41, 5.74) is 2.39. The van der Waals surface area contributed by atoms with Crippen LogP contribution in [0.15, 0.2) is 108 Å². The molecule has 3 heterocycles. The van der Waals surface area contributed by atoms with Gasteiger partial charge in [0.2, 0.25) is 5.88 Å². The maximum atomic E-state index is 6.25. The number of fused-ring (bicyclic) bond motifs is 3. The molecular weight excluding hydrogens is 402 g/mol. The van der Waals surface area contributed by atoms with Gasteiger partial charge in [0.15, 0.2) is 11.3 Å². The van der Waals surface area contributed by atoms with Crippen LogP contribution in [0.4, 0.5) is 0 Å². The number of rotatable bonds is 5. The fraction of sp³-hybridized carbons (Fsp3) is 0. The Bertz CT molecular complexity index is 1520. The normalized spacial score (nSPS) is 11.1. The van der Waals surface area contributed by atoms with E-state index in [1.807, 2.05) is 83.6 Å². The van der Waals surface area contributed by atoms with Gasteiger partial charge in [0.05, 0.1) is 12.0 Å². The van der Waals surface area contributed by atoms with E-state index in [2.05, 4.69) is 9.97 Å². The van der Waals surface area contributed by atoms with Gasteiger partial charge in [0, 0.05) is 47.6 Å². The predicted octanol–water partition coefficient (Wildman–Crippen LogP) is 6.75. The van der Waals surface area contributed by atoms with Gasteiger partial charge >= 0.3 is 0 Å². The molecule has 3 aromatic carbocycles. The Hall–Kier alpha value is -4.58. The van der Waals surface area contributed by atoms with E-state index in [9.17, 15) is 0 Å². The largest absolute Gasteiger partial charge is 0.457 e. The second-order valence-corrected chi connectivity index (χ2v) is 7.24. The smallest absolute Gasteiger partial charge is 0.219 e. The monoisotopic (exact) mass is 419 g/mol. The molecule has 6 rings (SSSR count). The highest BCUT2D eigenvalue weighted by molar-refractivity contribution is 6.07. The number of benzene rings is 3. The molecular formula is C26H17N3O3. The van der Waals surface area contributed by atoms with Crippen molar-refractivity contribution in [3.63, 3.8) is 0 Å². The fourth-order valence-corrected chi connectivity index (χ4v) is 3.68. The van der Waals surface area contributed by atoms with Crippen LogP contribution in [0.3, 0.4) is 0 Å². The Morgan fingerprint density at radius 3 is 2.56 bits per heavy atom. The molecule has 0 spiro atoms. The summed E-state index contributed by atoms with van der Waals surface area (Å²) in [6.07, 6.45) is 7.07. The van der Waals surface area contributed by atoms with Crippen LogP contribution in [0.2, 0.25) is 0 Å². The van der Waals surface area contributed by atoms with E-state index in [-0.39, 0.29) is 0 Å². The summed E-state index contributed by atoms with van der Waals surface area (Å²) in [5, 5.41) is 1.90. The molecule has 0 bridgehead atoms. The standard InChI is InChI=1S/C26H17N3O3/c1-2-9-23-21(8-1)22-15-20(16-24(26(22)32-23)31-25-10-3-4-11-28-25)30-19-7-5-6-18(14-19)29-13-12-27-17-29/h1-17H. The maximum absolute atomic E-state index is 6.25. The molecule has 3 aromatic heterocycles. The lowest BCUT2D eigenvalue weighted by Gasteiger charge is -2.11. The van der Waals surface area contributed by atoms with Gasteiger partial charge in [-0.05, 0) is 30.3 Å². The number of ether oxygens (including phenoxy) is 2. The molecule has 32 heavy (non-hydrogen) atoms. The molecule has 0 fully saturated rings. The third-order valence-electron chi connectivity index (χ3n) is 5.13. The molecule has 0 aliphatic heterocycles. The van der Waals surface area contributed by atoms with Crippen LogP contribution in [0.1, 0.15) is 0 Å². The molecule has 0 aliphatic carbocycles. The highest BCUT2D eigenvalue weighted by atomic mass is 16.5. The van der Waals surface area contributed by atoms with E-state index in [4.69, 9.17) is 13.9 Å². The summed E-state index contributed by atoms with van der Waals surface area (Å²) in [7, 11) is 0. The van der Waals surface area contributed by atoms with Crippen LogP contribution < -0.4 is 9.47 Å². The Balaban J connectivity index is 1.45. The summed E-state index contributed by atoms with van der Waals surface area (Å²) < 4.78 is 20.4. The van der Waals surface area contributed by atoms with Gasteiger partial charge in [-0.25, -0.2) is 9.97 Å². The molecule has 6 nitrogen and oxygen atoms in total. The van der Waals surface area contributed by atoms with E-state index in [1.54, 1.807) is 24.8 Å². The number of aromatic nitrogens is 3. The van der Waals surface area contributed by atoms with E-state index < -0.39 is 0 Å². The second kappa shape index (κ2) is 7.59. The summed E-state index contributed by atoms with van der Waals surface area (Å²) >= 11 is 0. The lowest BCUT2D eigenvalue weighted by molar-refractivity contribution is 0.446. The minimum Gasteiger partial charge on any atom is -0.457 e. The zero-order valence-electron chi connectivity index (χ0n) is 16.9. The zero-order chi connectivity index (χ0) is 21.3. The molecule has 0 aliphatic rings. The van der Waals surface area contributed by atoms with E-state index >= 15 is 0 Å². The van der Waals surface area contributed by atoms with Crippen LogP contribution in [-0.2, 0) is 0 Å². The SMILES string of the molecule is c1ccc(Oc2cc(Oc3cccc(-n4ccnc4)c3)cc3c2oc2ccccc23)nc1. The van der Waals surface area contributed by atoms with Crippen molar-refractivity contribution in [1.29, 1.82) is 0 Å². The first-order chi connectivity index (χ1) is 15.8. The molecule has 0 radical (unpaired) electrons. The average molecular weight is 419 g/mol. The third-order valence-corrected chi connectivity index (χ3v) is 5.13. The van der Waals surface area contributed by atoms with Crippen molar-refractivity contribution in [3.05, 3.63) is 104 Å². The van der Waals surface area contributed by atoms with Crippen LogP contribution >= 0.6 is 0 Å². The number of imidazole rings is 1. The van der Waals surface area contributed by atoms with Crippen LogP contribution in [0, 0.1) is 0 Å². The van der Waals surface area contributed by atoms with Gasteiger partial charge in [0.1, 0.15) is 17.1 Å². The number of pyridine rings is 1. The van der Waals surface area contributed by atoms with Crippen LogP contribution in [0.25, 0.3) is 27.6 Å². The first kappa shape index (κ1) is 18.2. The second-order valence-electron chi connectivity index (χ2n) is 7.24. The molecule has 6 heteroatoms. The molecule has 6 aromatic rings. The maximum Gasteiger partial charge on any atom is 0.219 e. The first-order valence-corrected chi connectivity index (χ1v) is 10.1. The highest BCUT2D eigenvalue weighted by Gasteiger charge is 2.16. The van der Waals surface area contributed by atoms with Crippen molar-refractivity contribution < 1.29 is 13.9 Å². The van der Waals surface area contributed by atoms with Crippen molar-refractivity contribution in [1.82, 2.24) is 14.5 Å². The molecule has 0 unspecified atom stereocenters. The van der Waals surface area contributed by atoms with Gasteiger partial charge in [-0.3, -0.25) is 0 Å².